The molecule has 0 aliphatic rings. The molecule has 1 unspecified atom stereocenters. The Hall–Kier alpha value is -1.35. The number of nitrogens with one attached hydrogen (secondary N) is 1. The number of rotatable bonds is 5. The predicted octanol–water partition coefficient (Wildman–Crippen LogP) is 3.60. The molecule has 18 heavy (non-hydrogen) atoms. The molecular weight excluding hydrogens is 222 g/mol. The largest absolute Gasteiger partial charge is 0.341 e. The Bertz CT molecular complexity index is 464. The van der Waals surface area contributed by atoms with E-state index in [1.807, 2.05) is 12.1 Å². The molecule has 1 N–H and O–H groups in total. The molecule has 0 saturated carbocycles. The lowest BCUT2D eigenvalue weighted by Crippen LogP contribution is -2.32. The molecule has 0 fully saturated rings. The summed E-state index contributed by atoms with van der Waals surface area (Å²) in [5.74, 6) is 1.64. The third kappa shape index (κ3) is 2.41. The number of nitrogens with zero attached hydrogens (tertiary/aromatic N) is 2. The highest BCUT2D eigenvalue weighted by atomic mass is 15.2. The van der Waals surface area contributed by atoms with Gasteiger partial charge in [-0.25, -0.2) is 4.98 Å². The van der Waals surface area contributed by atoms with Crippen LogP contribution < -0.4 is 0 Å². The minimum Gasteiger partial charge on any atom is -0.341 e. The zero-order chi connectivity index (χ0) is 13.1. The summed E-state index contributed by atoms with van der Waals surface area (Å²) in [6.45, 7) is 11.0. The van der Waals surface area contributed by atoms with E-state index in [0.717, 1.165) is 29.9 Å². The van der Waals surface area contributed by atoms with Gasteiger partial charge in [0.05, 0.1) is 17.1 Å². The average Bonchev–Trinajstić information content (AvgIpc) is 2.77. The first-order valence-corrected chi connectivity index (χ1v) is 6.86. The van der Waals surface area contributed by atoms with Crippen LogP contribution in [0.25, 0.3) is 11.0 Å². The van der Waals surface area contributed by atoms with Crippen molar-refractivity contribution in [2.24, 2.45) is 5.92 Å². The highest BCUT2D eigenvalue weighted by Crippen LogP contribution is 2.27. The van der Waals surface area contributed by atoms with Gasteiger partial charge in [0.1, 0.15) is 5.82 Å². The van der Waals surface area contributed by atoms with Gasteiger partial charge in [-0.1, -0.05) is 39.8 Å². The maximum absolute atomic E-state index is 4.75. The van der Waals surface area contributed by atoms with Crippen LogP contribution in [0.3, 0.4) is 0 Å². The second-order valence-corrected chi connectivity index (χ2v) is 5.05. The fourth-order valence-corrected chi connectivity index (χ4v) is 2.64. The van der Waals surface area contributed by atoms with Crippen molar-refractivity contribution in [3.05, 3.63) is 30.1 Å². The first kappa shape index (κ1) is 13.1. The zero-order valence-electron chi connectivity index (χ0n) is 11.8. The normalized spacial score (nSPS) is 13.7. The van der Waals surface area contributed by atoms with E-state index in [-0.39, 0.29) is 0 Å². The van der Waals surface area contributed by atoms with Gasteiger partial charge in [0.25, 0.3) is 0 Å². The molecule has 3 heteroatoms. The maximum atomic E-state index is 4.75. The van der Waals surface area contributed by atoms with Gasteiger partial charge in [0.15, 0.2) is 0 Å². The van der Waals surface area contributed by atoms with Crippen LogP contribution in [0, 0.1) is 5.92 Å². The maximum Gasteiger partial charge on any atom is 0.124 e. The van der Waals surface area contributed by atoms with Crippen LogP contribution in [-0.2, 0) is 0 Å². The van der Waals surface area contributed by atoms with Crippen LogP contribution >= 0.6 is 0 Å². The molecule has 0 aliphatic heterocycles. The van der Waals surface area contributed by atoms with Gasteiger partial charge in [-0.15, -0.1) is 0 Å². The quantitative estimate of drug-likeness (QED) is 0.872. The van der Waals surface area contributed by atoms with Crippen LogP contribution in [0.5, 0.6) is 0 Å². The molecule has 0 bridgehead atoms. The second kappa shape index (κ2) is 5.53. The lowest BCUT2D eigenvalue weighted by atomic mass is 10.0. The highest BCUT2D eigenvalue weighted by molar-refractivity contribution is 5.74. The number of fused-ring (bicyclic) bond motifs is 1. The molecule has 2 aromatic rings. The SMILES string of the molecule is CCN(CC)C(c1nc2ccccc2[nH]1)C(C)C. The van der Waals surface area contributed by atoms with E-state index >= 15 is 0 Å². The number of benzene rings is 1. The van der Waals surface area contributed by atoms with E-state index in [1.165, 1.54) is 0 Å². The van der Waals surface area contributed by atoms with Crippen LogP contribution in [0.2, 0.25) is 0 Å². The van der Waals surface area contributed by atoms with Crippen molar-refractivity contribution >= 4 is 11.0 Å². The Balaban J connectivity index is 2.41. The first-order valence-electron chi connectivity index (χ1n) is 6.86. The number of aromatic amines is 1. The summed E-state index contributed by atoms with van der Waals surface area (Å²) in [4.78, 5) is 10.7. The number of hydrogen-bond acceptors (Lipinski definition) is 2. The number of para-hydroxylation sites is 2. The summed E-state index contributed by atoms with van der Waals surface area (Å²) >= 11 is 0. The van der Waals surface area contributed by atoms with Gasteiger partial charge in [0.2, 0.25) is 0 Å². The van der Waals surface area contributed by atoms with Crippen molar-refractivity contribution in [2.75, 3.05) is 13.1 Å². The Morgan fingerprint density at radius 1 is 1.17 bits per heavy atom. The summed E-state index contributed by atoms with van der Waals surface area (Å²) in [5.41, 5.74) is 2.19. The van der Waals surface area contributed by atoms with Crippen molar-refractivity contribution in [3.63, 3.8) is 0 Å². The van der Waals surface area contributed by atoms with E-state index in [2.05, 4.69) is 49.7 Å². The Morgan fingerprint density at radius 2 is 1.83 bits per heavy atom. The van der Waals surface area contributed by atoms with Gasteiger partial charge < -0.3 is 4.98 Å². The molecule has 1 heterocycles. The molecule has 0 radical (unpaired) electrons. The Morgan fingerprint density at radius 3 is 2.39 bits per heavy atom. The standard InChI is InChI=1S/C15H23N3/c1-5-18(6-2)14(11(3)4)15-16-12-9-7-8-10-13(12)17-15/h7-11,14H,5-6H2,1-4H3,(H,16,17). The molecule has 1 atom stereocenters. The van der Waals surface area contributed by atoms with E-state index in [0.29, 0.717) is 12.0 Å². The van der Waals surface area contributed by atoms with Crippen molar-refractivity contribution in [1.29, 1.82) is 0 Å². The fraction of sp³-hybridized carbons (Fsp3) is 0.533. The summed E-state index contributed by atoms with van der Waals surface area (Å²) in [6.07, 6.45) is 0. The molecule has 0 saturated heterocycles. The Labute approximate surface area is 109 Å². The summed E-state index contributed by atoms with van der Waals surface area (Å²) in [5, 5.41) is 0. The van der Waals surface area contributed by atoms with Gasteiger partial charge in [-0.2, -0.15) is 0 Å². The lowest BCUT2D eigenvalue weighted by Gasteiger charge is -2.31. The van der Waals surface area contributed by atoms with Gasteiger partial charge in [-0.3, -0.25) is 4.90 Å². The van der Waals surface area contributed by atoms with Crippen LogP contribution in [0.1, 0.15) is 39.6 Å². The summed E-state index contributed by atoms with van der Waals surface area (Å²) < 4.78 is 0. The predicted molar refractivity (Wildman–Crippen MR) is 76.6 cm³/mol. The Kier molecular flexibility index (Phi) is 4.02. The average molecular weight is 245 g/mol. The number of aromatic nitrogens is 2. The van der Waals surface area contributed by atoms with Crippen molar-refractivity contribution < 1.29 is 0 Å². The molecule has 0 spiro atoms. The van der Waals surface area contributed by atoms with E-state index in [4.69, 9.17) is 4.98 Å². The summed E-state index contributed by atoms with van der Waals surface area (Å²) in [7, 11) is 0. The van der Waals surface area contributed by atoms with E-state index in [9.17, 15) is 0 Å². The van der Waals surface area contributed by atoms with Crippen LogP contribution in [0.15, 0.2) is 24.3 Å². The second-order valence-electron chi connectivity index (χ2n) is 5.05. The molecule has 0 aliphatic carbocycles. The number of H-pyrrole nitrogens is 1. The molecular formula is C15H23N3. The molecule has 2 rings (SSSR count). The van der Waals surface area contributed by atoms with Crippen LogP contribution in [0.4, 0.5) is 0 Å². The van der Waals surface area contributed by atoms with Crippen molar-refractivity contribution in [1.82, 2.24) is 14.9 Å². The first-order chi connectivity index (χ1) is 8.67. The van der Waals surface area contributed by atoms with Gasteiger partial charge in [0, 0.05) is 0 Å². The van der Waals surface area contributed by atoms with E-state index in [1.54, 1.807) is 0 Å². The van der Waals surface area contributed by atoms with Gasteiger partial charge in [-0.05, 0) is 31.1 Å². The van der Waals surface area contributed by atoms with E-state index < -0.39 is 0 Å². The lowest BCUT2D eigenvalue weighted by molar-refractivity contribution is 0.165. The zero-order valence-corrected chi connectivity index (χ0v) is 11.8. The smallest absolute Gasteiger partial charge is 0.124 e. The third-order valence-electron chi connectivity index (χ3n) is 3.53. The minimum absolute atomic E-state index is 0.368. The molecule has 98 valence electrons. The number of imidazole rings is 1. The molecule has 3 nitrogen and oxygen atoms in total. The third-order valence-corrected chi connectivity index (χ3v) is 3.53. The van der Waals surface area contributed by atoms with Crippen molar-refractivity contribution in [2.45, 2.75) is 33.7 Å². The molecule has 1 aromatic carbocycles. The van der Waals surface area contributed by atoms with Gasteiger partial charge >= 0.3 is 0 Å². The highest BCUT2D eigenvalue weighted by Gasteiger charge is 2.24. The molecule has 1 aromatic heterocycles. The minimum atomic E-state index is 0.368. The van der Waals surface area contributed by atoms with Crippen molar-refractivity contribution in [3.8, 4) is 0 Å². The summed E-state index contributed by atoms with van der Waals surface area (Å²) in [6, 6.07) is 8.61. The monoisotopic (exact) mass is 245 g/mol. The van der Waals surface area contributed by atoms with Crippen LogP contribution in [-0.4, -0.2) is 28.0 Å². The molecule has 0 amide bonds. The fourth-order valence-electron chi connectivity index (χ4n) is 2.64. The number of hydrogen-bond donors (Lipinski definition) is 1. The topological polar surface area (TPSA) is 31.9 Å².